The minimum atomic E-state index is 0. The van der Waals surface area contributed by atoms with Crippen LogP contribution in [0.2, 0.25) is 0 Å². The minimum absolute atomic E-state index is 0. The van der Waals surface area contributed by atoms with Crippen molar-refractivity contribution in [2.24, 2.45) is 10.4 Å². The van der Waals surface area contributed by atoms with Gasteiger partial charge in [-0.3, -0.25) is 4.99 Å². The summed E-state index contributed by atoms with van der Waals surface area (Å²) in [5, 5.41) is 6.79. The average molecular weight is 441 g/mol. The largest absolute Gasteiger partial charge is 0.385 e. The fraction of sp³-hybridized carbons (Fsp3) is 0.941. The third-order valence-corrected chi connectivity index (χ3v) is 4.49. The fourth-order valence-corrected chi connectivity index (χ4v) is 2.83. The van der Waals surface area contributed by atoms with Crippen molar-refractivity contribution in [1.29, 1.82) is 0 Å². The Balaban J connectivity index is 0.00000484. The SMILES string of the molecule is CCNC(=NCC1(CCOC)CCC1)NCCCCCOC.I. The van der Waals surface area contributed by atoms with Crippen LogP contribution in [-0.4, -0.2) is 53.0 Å². The second-order valence-corrected chi connectivity index (χ2v) is 6.27. The Labute approximate surface area is 159 Å². The highest BCUT2D eigenvalue weighted by molar-refractivity contribution is 14.0. The summed E-state index contributed by atoms with van der Waals surface area (Å²) in [6.45, 7) is 6.60. The van der Waals surface area contributed by atoms with Crippen molar-refractivity contribution >= 4 is 29.9 Å². The van der Waals surface area contributed by atoms with Crippen LogP contribution in [0, 0.1) is 5.41 Å². The van der Waals surface area contributed by atoms with Crippen LogP contribution in [0.4, 0.5) is 0 Å². The van der Waals surface area contributed by atoms with Crippen molar-refractivity contribution in [3.05, 3.63) is 0 Å². The van der Waals surface area contributed by atoms with Gasteiger partial charge in [0.2, 0.25) is 0 Å². The predicted octanol–water partition coefficient (Wildman–Crippen LogP) is 3.18. The molecule has 1 fully saturated rings. The van der Waals surface area contributed by atoms with E-state index in [0.717, 1.165) is 58.1 Å². The molecule has 0 radical (unpaired) electrons. The van der Waals surface area contributed by atoms with Gasteiger partial charge in [0.1, 0.15) is 0 Å². The van der Waals surface area contributed by atoms with Crippen molar-refractivity contribution in [2.45, 2.75) is 51.9 Å². The highest BCUT2D eigenvalue weighted by atomic mass is 127. The number of guanidine groups is 1. The molecule has 0 spiro atoms. The molecule has 0 aromatic heterocycles. The lowest BCUT2D eigenvalue weighted by molar-refractivity contribution is 0.0778. The molecule has 0 heterocycles. The van der Waals surface area contributed by atoms with Crippen molar-refractivity contribution in [3.63, 3.8) is 0 Å². The third-order valence-electron chi connectivity index (χ3n) is 4.49. The van der Waals surface area contributed by atoms with Gasteiger partial charge in [0.15, 0.2) is 5.96 Å². The summed E-state index contributed by atoms with van der Waals surface area (Å²) in [5.74, 6) is 0.956. The molecule has 1 rings (SSSR count). The third kappa shape index (κ3) is 9.72. The molecule has 1 saturated carbocycles. The van der Waals surface area contributed by atoms with Crippen LogP contribution >= 0.6 is 24.0 Å². The van der Waals surface area contributed by atoms with Crippen LogP contribution in [0.1, 0.15) is 51.9 Å². The molecule has 6 heteroatoms. The van der Waals surface area contributed by atoms with Gasteiger partial charge in [0.25, 0.3) is 0 Å². The van der Waals surface area contributed by atoms with Crippen molar-refractivity contribution in [1.82, 2.24) is 10.6 Å². The topological polar surface area (TPSA) is 54.9 Å². The monoisotopic (exact) mass is 441 g/mol. The zero-order valence-corrected chi connectivity index (χ0v) is 17.5. The van der Waals surface area contributed by atoms with Gasteiger partial charge in [-0.05, 0) is 50.9 Å². The van der Waals surface area contributed by atoms with E-state index in [0.29, 0.717) is 5.41 Å². The molecule has 0 atom stereocenters. The molecule has 0 unspecified atom stereocenters. The molecule has 1 aliphatic carbocycles. The Morgan fingerprint density at radius 3 is 2.35 bits per heavy atom. The van der Waals surface area contributed by atoms with Gasteiger partial charge in [-0.2, -0.15) is 0 Å². The quantitative estimate of drug-likeness (QED) is 0.212. The van der Waals surface area contributed by atoms with Crippen LogP contribution < -0.4 is 10.6 Å². The van der Waals surface area contributed by atoms with Crippen LogP contribution in [0.5, 0.6) is 0 Å². The Kier molecular flexibility index (Phi) is 14.2. The number of ether oxygens (including phenoxy) is 2. The maximum absolute atomic E-state index is 5.25. The van der Waals surface area contributed by atoms with E-state index in [1.807, 2.05) is 0 Å². The average Bonchev–Trinajstić information content (AvgIpc) is 2.49. The number of aliphatic imine (C=N–C) groups is 1. The molecular weight excluding hydrogens is 405 g/mol. The smallest absolute Gasteiger partial charge is 0.191 e. The maximum Gasteiger partial charge on any atom is 0.191 e. The van der Waals surface area contributed by atoms with E-state index in [4.69, 9.17) is 14.5 Å². The molecule has 0 amide bonds. The normalized spacial score (nSPS) is 16.4. The fourth-order valence-electron chi connectivity index (χ4n) is 2.83. The molecule has 2 N–H and O–H groups in total. The molecular formula is C17H36IN3O2. The predicted molar refractivity (Wildman–Crippen MR) is 108 cm³/mol. The zero-order valence-electron chi connectivity index (χ0n) is 15.2. The molecule has 23 heavy (non-hydrogen) atoms. The van der Waals surface area contributed by atoms with Gasteiger partial charge in [-0.1, -0.05) is 6.42 Å². The Bertz CT molecular complexity index is 310. The molecule has 1 aliphatic rings. The molecule has 0 saturated heterocycles. The Hall–Kier alpha value is -0.0800. The van der Waals surface area contributed by atoms with Crippen molar-refractivity contribution < 1.29 is 9.47 Å². The Morgan fingerprint density at radius 1 is 1.04 bits per heavy atom. The van der Waals surface area contributed by atoms with Gasteiger partial charge in [0.05, 0.1) is 0 Å². The first-order valence-electron chi connectivity index (χ1n) is 8.76. The first kappa shape index (κ1) is 22.9. The number of nitrogens with zero attached hydrogens (tertiary/aromatic N) is 1. The van der Waals surface area contributed by atoms with Gasteiger partial charge >= 0.3 is 0 Å². The second kappa shape index (κ2) is 14.3. The van der Waals surface area contributed by atoms with Gasteiger partial charge in [0, 0.05) is 47.1 Å². The number of rotatable bonds is 12. The summed E-state index contributed by atoms with van der Waals surface area (Å²) in [4.78, 5) is 4.81. The van der Waals surface area contributed by atoms with Gasteiger partial charge < -0.3 is 20.1 Å². The summed E-state index contributed by atoms with van der Waals surface area (Å²) < 4.78 is 10.3. The number of methoxy groups -OCH3 is 2. The van der Waals surface area contributed by atoms with Gasteiger partial charge in [-0.25, -0.2) is 0 Å². The highest BCUT2D eigenvalue weighted by Crippen LogP contribution is 2.44. The Morgan fingerprint density at radius 2 is 1.78 bits per heavy atom. The lowest BCUT2D eigenvalue weighted by atomic mass is 9.67. The van der Waals surface area contributed by atoms with E-state index in [1.165, 1.54) is 25.7 Å². The molecule has 0 bridgehead atoms. The summed E-state index contributed by atoms with van der Waals surface area (Å²) in [5.41, 5.74) is 0.386. The van der Waals surface area contributed by atoms with E-state index in [2.05, 4.69) is 17.6 Å². The van der Waals surface area contributed by atoms with Gasteiger partial charge in [-0.15, -0.1) is 24.0 Å². The number of hydrogen-bond donors (Lipinski definition) is 2. The van der Waals surface area contributed by atoms with Crippen LogP contribution in [0.25, 0.3) is 0 Å². The number of hydrogen-bond acceptors (Lipinski definition) is 3. The van der Waals surface area contributed by atoms with E-state index in [1.54, 1.807) is 14.2 Å². The van der Waals surface area contributed by atoms with E-state index >= 15 is 0 Å². The molecule has 0 aromatic carbocycles. The zero-order chi connectivity index (χ0) is 16.1. The number of halogens is 1. The lowest BCUT2D eigenvalue weighted by Gasteiger charge is -2.40. The van der Waals surface area contributed by atoms with Crippen molar-refractivity contribution in [3.8, 4) is 0 Å². The summed E-state index contributed by atoms with van der Waals surface area (Å²) in [7, 11) is 3.54. The van der Waals surface area contributed by atoms with Crippen LogP contribution in [-0.2, 0) is 9.47 Å². The first-order chi connectivity index (χ1) is 10.8. The summed E-state index contributed by atoms with van der Waals surface area (Å²) in [6.07, 6.45) is 8.52. The standard InChI is InChI=1S/C17H35N3O2.HI/c1-4-18-16(19-12-6-5-7-13-21-2)20-15-17(9-8-10-17)11-14-22-3;/h4-15H2,1-3H3,(H2,18,19,20);1H. The van der Waals surface area contributed by atoms with Crippen LogP contribution in [0.3, 0.4) is 0 Å². The van der Waals surface area contributed by atoms with Crippen LogP contribution in [0.15, 0.2) is 4.99 Å². The maximum atomic E-state index is 5.25. The molecule has 0 aromatic rings. The second-order valence-electron chi connectivity index (χ2n) is 6.27. The molecule has 0 aliphatic heterocycles. The summed E-state index contributed by atoms with van der Waals surface area (Å²) in [6, 6.07) is 0. The molecule has 138 valence electrons. The van der Waals surface area contributed by atoms with E-state index < -0.39 is 0 Å². The highest BCUT2D eigenvalue weighted by Gasteiger charge is 2.36. The number of unbranched alkanes of at least 4 members (excludes halogenated alkanes) is 2. The van der Waals surface area contributed by atoms with E-state index in [9.17, 15) is 0 Å². The van der Waals surface area contributed by atoms with E-state index in [-0.39, 0.29) is 24.0 Å². The summed E-state index contributed by atoms with van der Waals surface area (Å²) >= 11 is 0. The lowest BCUT2D eigenvalue weighted by Crippen LogP contribution is -2.40. The molecule has 5 nitrogen and oxygen atoms in total. The first-order valence-corrected chi connectivity index (χ1v) is 8.76. The van der Waals surface area contributed by atoms with Crippen molar-refractivity contribution in [2.75, 3.05) is 47.1 Å². The minimum Gasteiger partial charge on any atom is -0.385 e. The number of nitrogens with one attached hydrogen (secondary N) is 2.